The van der Waals surface area contributed by atoms with E-state index in [1.807, 2.05) is 0 Å². The number of hydrogen-bond donors (Lipinski definition) is 0. The van der Waals surface area contributed by atoms with Gasteiger partial charge in [0.1, 0.15) is 0 Å². The molecule has 30 valence electrons. The van der Waals surface area contributed by atoms with Gasteiger partial charge in [-0.05, 0) is 0 Å². The van der Waals surface area contributed by atoms with Crippen LogP contribution in [0.1, 0.15) is 0 Å². The number of hydrogen-bond acceptors (Lipinski definition) is 0. The Hall–Kier alpha value is 0.197. The summed E-state index contributed by atoms with van der Waals surface area (Å²) < 4.78 is 22.2. The van der Waals surface area contributed by atoms with Gasteiger partial charge in [-0.1, -0.05) is 0 Å². The first-order valence-electron chi connectivity index (χ1n) is 1.68. The molecule has 0 radical (unpaired) electrons. The molecule has 0 aromatic rings. The van der Waals surface area contributed by atoms with Crippen LogP contribution in [0.5, 0.6) is 0 Å². The average Bonchev–Trinajstić information content (AvgIpc) is 1.35. The molecule has 0 aromatic carbocycles. The van der Waals surface area contributed by atoms with Gasteiger partial charge in [0.15, 0.2) is 0 Å². The average molecular weight is 84.0 g/mol. The van der Waals surface area contributed by atoms with Gasteiger partial charge in [0.25, 0.3) is 0 Å². The SMILES string of the molecule is [Li][CH](F)C=CF. The number of allylic oxidation sites excluding steroid dienone is 1. The molecular formula is C3H3F2Li. The summed E-state index contributed by atoms with van der Waals surface area (Å²) >= 11 is 1.26. The van der Waals surface area contributed by atoms with Crippen LogP contribution in [0.15, 0.2) is 12.4 Å². The van der Waals surface area contributed by atoms with Crippen LogP contribution >= 0.6 is 0 Å². The topological polar surface area (TPSA) is 0 Å². The Morgan fingerprint density at radius 1 is 1.67 bits per heavy atom. The second-order valence-corrected chi connectivity index (χ2v) is 0.996. The van der Waals surface area contributed by atoms with Crippen LogP contribution in [-0.4, -0.2) is 22.6 Å². The van der Waals surface area contributed by atoms with Crippen LogP contribution in [0.3, 0.4) is 0 Å². The van der Waals surface area contributed by atoms with Crippen molar-refractivity contribution in [2.24, 2.45) is 0 Å². The van der Waals surface area contributed by atoms with E-state index >= 15 is 0 Å². The summed E-state index contributed by atoms with van der Waals surface area (Å²) in [5.41, 5.74) is 0. The van der Waals surface area contributed by atoms with E-state index in [0.29, 0.717) is 0 Å². The summed E-state index contributed by atoms with van der Waals surface area (Å²) in [7, 11) is 0. The summed E-state index contributed by atoms with van der Waals surface area (Å²) in [6.07, 6.45) is 1.03. The van der Waals surface area contributed by atoms with Crippen LogP contribution < -0.4 is 0 Å². The van der Waals surface area contributed by atoms with Gasteiger partial charge in [0.2, 0.25) is 0 Å². The zero-order chi connectivity index (χ0) is 4.99. The van der Waals surface area contributed by atoms with Gasteiger partial charge < -0.3 is 0 Å². The molecule has 0 bridgehead atoms. The molecule has 1 unspecified atom stereocenters. The molecule has 0 aliphatic heterocycles. The van der Waals surface area contributed by atoms with Crippen molar-refractivity contribution < 1.29 is 8.78 Å². The van der Waals surface area contributed by atoms with Crippen molar-refractivity contribution in [3.05, 3.63) is 12.4 Å². The normalized spacial score (nSPS) is 16.0. The molecule has 0 aromatic heterocycles. The molecule has 0 fully saturated rings. The molecule has 0 N–H and O–H groups in total. The Morgan fingerprint density at radius 3 is 2.17 bits per heavy atom. The van der Waals surface area contributed by atoms with Crippen molar-refractivity contribution in [3.8, 4) is 0 Å². The standard InChI is InChI=1S/C3H3F2.Li/c4-2-1-3-5;/h1-3H;. The molecule has 0 nitrogen and oxygen atoms in total. The fraction of sp³-hybridized carbons (Fsp3) is 0.333. The monoisotopic (exact) mass is 84.0 g/mol. The summed E-state index contributed by atoms with van der Waals surface area (Å²) in [4.78, 5) is -1.16. The maximum absolute atomic E-state index is 11.4. The van der Waals surface area contributed by atoms with Gasteiger partial charge in [-0.3, -0.25) is 0 Å². The molecule has 0 saturated carbocycles. The van der Waals surface area contributed by atoms with Gasteiger partial charge >= 0.3 is 43.7 Å². The quantitative estimate of drug-likeness (QED) is 0.414. The number of rotatable bonds is 1. The molecule has 1 atom stereocenters. The summed E-state index contributed by atoms with van der Waals surface area (Å²) in [5, 5.41) is 0. The molecule has 0 aliphatic carbocycles. The molecule has 3 heteroatoms. The van der Waals surface area contributed by atoms with Crippen LogP contribution in [0.2, 0.25) is 0 Å². The molecule has 0 rings (SSSR count). The molecule has 6 heavy (non-hydrogen) atoms. The molecule has 0 amide bonds. The summed E-state index contributed by atoms with van der Waals surface area (Å²) in [6, 6.07) is 0. The van der Waals surface area contributed by atoms with Gasteiger partial charge in [-0.2, -0.15) is 0 Å². The third kappa shape index (κ3) is 4.20. The summed E-state index contributed by atoms with van der Waals surface area (Å²) in [5.74, 6) is 0. The van der Waals surface area contributed by atoms with E-state index < -0.39 is 4.84 Å². The van der Waals surface area contributed by atoms with Crippen molar-refractivity contribution in [2.75, 3.05) is 0 Å². The third-order valence-corrected chi connectivity index (χ3v) is 0.338. The van der Waals surface area contributed by atoms with Crippen LogP contribution in [0, 0.1) is 0 Å². The van der Waals surface area contributed by atoms with Crippen molar-refractivity contribution in [1.82, 2.24) is 0 Å². The molecule has 0 heterocycles. The zero-order valence-electron chi connectivity index (χ0n) is 3.49. The van der Waals surface area contributed by atoms with Crippen LogP contribution in [-0.2, 0) is 0 Å². The van der Waals surface area contributed by atoms with Gasteiger partial charge in [0, 0.05) is 0 Å². The Labute approximate surface area is 44.4 Å². The third-order valence-electron chi connectivity index (χ3n) is 0.338. The van der Waals surface area contributed by atoms with E-state index in [9.17, 15) is 8.78 Å². The van der Waals surface area contributed by atoms with E-state index in [4.69, 9.17) is 0 Å². The van der Waals surface area contributed by atoms with Crippen molar-refractivity contribution in [3.63, 3.8) is 0 Å². The fourth-order valence-electron chi connectivity index (χ4n) is 0.100. The first-order valence-corrected chi connectivity index (χ1v) is 1.68. The van der Waals surface area contributed by atoms with Crippen LogP contribution in [0.25, 0.3) is 0 Å². The van der Waals surface area contributed by atoms with Gasteiger partial charge in [-0.25, -0.2) is 0 Å². The van der Waals surface area contributed by atoms with Crippen LogP contribution in [0.4, 0.5) is 8.78 Å². The molecule has 0 aliphatic rings. The van der Waals surface area contributed by atoms with Gasteiger partial charge in [-0.15, -0.1) is 0 Å². The minimum atomic E-state index is -1.16. The maximum atomic E-state index is 11.4. The second kappa shape index (κ2) is 3.39. The Bertz CT molecular complexity index is 50.8. The van der Waals surface area contributed by atoms with Crippen molar-refractivity contribution in [2.45, 2.75) is 4.84 Å². The number of halogens is 2. The predicted octanol–water partition coefficient (Wildman–Crippen LogP) is 0.934. The van der Waals surface area contributed by atoms with E-state index in [-0.39, 0.29) is 6.33 Å². The first kappa shape index (κ1) is 6.20. The Morgan fingerprint density at radius 2 is 2.17 bits per heavy atom. The first-order chi connectivity index (χ1) is 2.77. The number of alkyl halides is 1. The van der Waals surface area contributed by atoms with E-state index in [1.54, 1.807) is 0 Å². The van der Waals surface area contributed by atoms with Gasteiger partial charge in [0.05, 0.1) is 0 Å². The van der Waals surface area contributed by atoms with E-state index in [2.05, 4.69) is 0 Å². The molecular weight excluding hydrogens is 81.0 g/mol. The Balaban J connectivity index is 3.03. The van der Waals surface area contributed by atoms with E-state index in [0.717, 1.165) is 6.08 Å². The molecule has 0 spiro atoms. The zero-order valence-corrected chi connectivity index (χ0v) is 3.49. The molecule has 0 saturated heterocycles. The van der Waals surface area contributed by atoms with Crippen molar-refractivity contribution in [1.29, 1.82) is 0 Å². The van der Waals surface area contributed by atoms with Crippen molar-refractivity contribution >= 4 is 17.7 Å². The Kier molecular flexibility index (Phi) is 3.50. The fourth-order valence-corrected chi connectivity index (χ4v) is 0.100. The summed E-state index contributed by atoms with van der Waals surface area (Å²) in [6.45, 7) is 0. The predicted molar refractivity (Wildman–Crippen MR) is 20.9 cm³/mol. The second-order valence-electron chi connectivity index (χ2n) is 0.996. The minimum absolute atomic E-state index is 0.199. The van der Waals surface area contributed by atoms with E-state index in [1.165, 1.54) is 17.7 Å².